The first-order valence-electron chi connectivity index (χ1n) is 8.78. The van der Waals surface area contributed by atoms with Gasteiger partial charge < -0.3 is 11.5 Å². The summed E-state index contributed by atoms with van der Waals surface area (Å²) in [5.41, 5.74) is 14.9. The lowest BCUT2D eigenvalue weighted by Crippen LogP contribution is -2.07. The van der Waals surface area contributed by atoms with Crippen LogP contribution in [0, 0.1) is 6.92 Å². The Hall–Kier alpha value is -2.13. The molecule has 0 atom stereocenters. The number of hydrogen-bond donors (Lipinski definition) is 2. The predicted molar refractivity (Wildman–Crippen MR) is 111 cm³/mol. The maximum atomic E-state index is 9.69. The van der Waals surface area contributed by atoms with Crippen molar-refractivity contribution in [3.63, 3.8) is 0 Å². The number of rotatable bonds is 6. The molecule has 0 amide bonds. The number of ketones is 1. The minimum atomic E-state index is 0.0324. The standard InChI is InChI=1S/C11H16.C8H13N.C3H7NO/c1-3-4-8-11-9-6-5-7-10(11)2;1-4-5-6-8(9)7(2)3;1-3(5)2-4/h5-7,9H,3-4,8H2,1-2H3;4-6H,2,9H2,1,3H3;2,4H2,1H3/b;5-4-,8-6+;. The minimum absolute atomic E-state index is 0.0324. The van der Waals surface area contributed by atoms with E-state index in [1.807, 2.05) is 32.1 Å². The first-order valence-corrected chi connectivity index (χ1v) is 8.78. The quantitative estimate of drug-likeness (QED) is 0.725. The number of carbonyl (C=O) groups excluding carboxylic acids is 1. The van der Waals surface area contributed by atoms with E-state index in [1.165, 1.54) is 37.3 Å². The van der Waals surface area contributed by atoms with Crippen LogP contribution in [-0.2, 0) is 11.2 Å². The summed E-state index contributed by atoms with van der Waals surface area (Å²) in [6.45, 7) is 13.6. The number of benzene rings is 1. The highest BCUT2D eigenvalue weighted by atomic mass is 16.1. The number of nitrogens with two attached hydrogens (primary N) is 2. The van der Waals surface area contributed by atoms with Crippen LogP contribution in [0.25, 0.3) is 0 Å². The molecule has 1 rings (SSSR count). The van der Waals surface area contributed by atoms with E-state index in [4.69, 9.17) is 11.5 Å². The van der Waals surface area contributed by atoms with Gasteiger partial charge in [0.1, 0.15) is 5.78 Å². The maximum absolute atomic E-state index is 9.69. The monoisotopic (exact) mass is 344 g/mol. The van der Waals surface area contributed by atoms with E-state index < -0.39 is 0 Å². The largest absolute Gasteiger partial charge is 0.399 e. The van der Waals surface area contributed by atoms with Gasteiger partial charge in [0.25, 0.3) is 0 Å². The van der Waals surface area contributed by atoms with Gasteiger partial charge >= 0.3 is 0 Å². The summed E-state index contributed by atoms with van der Waals surface area (Å²) in [5.74, 6) is 0.0324. The zero-order chi connectivity index (χ0) is 19.7. The lowest BCUT2D eigenvalue weighted by atomic mass is 10.0. The molecule has 0 unspecified atom stereocenters. The van der Waals surface area contributed by atoms with E-state index in [-0.39, 0.29) is 12.3 Å². The number of hydrogen-bond acceptors (Lipinski definition) is 3. The molecule has 0 saturated carbocycles. The molecule has 0 saturated heterocycles. The highest BCUT2D eigenvalue weighted by Gasteiger charge is 1.94. The molecule has 0 aliphatic heterocycles. The van der Waals surface area contributed by atoms with Gasteiger partial charge in [-0.2, -0.15) is 0 Å². The number of carbonyl (C=O) groups is 1. The zero-order valence-electron chi connectivity index (χ0n) is 16.6. The molecule has 0 aliphatic carbocycles. The molecule has 0 aromatic heterocycles. The summed E-state index contributed by atoms with van der Waals surface area (Å²) in [6.07, 6.45) is 9.49. The molecule has 0 spiro atoms. The van der Waals surface area contributed by atoms with Gasteiger partial charge in [0.15, 0.2) is 0 Å². The van der Waals surface area contributed by atoms with Crippen molar-refractivity contribution in [1.29, 1.82) is 0 Å². The molecule has 0 aliphatic rings. The van der Waals surface area contributed by atoms with Gasteiger partial charge in [-0.05, 0) is 63.3 Å². The molecule has 0 radical (unpaired) electrons. The average molecular weight is 345 g/mol. The number of unbranched alkanes of at least 4 members (excludes halogenated alkanes) is 1. The fourth-order valence-corrected chi connectivity index (χ4v) is 1.60. The fraction of sp³-hybridized carbons (Fsp3) is 0.409. The molecular formula is C22H36N2O. The van der Waals surface area contributed by atoms with Crippen LogP contribution in [0.3, 0.4) is 0 Å². The Balaban J connectivity index is 0. The van der Waals surface area contributed by atoms with Gasteiger partial charge in [-0.3, -0.25) is 4.79 Å². The summed E-state index contributed by atoms with van der Waals surface area (Å²) in [4.78, 5) is 9.69. The Morgan fingerprint density at radius 3 is 2.20 bits per heavy atom. The van der Waals surface area contributed by atoms with Crippen LogP contribution >= 0.6 is 0 Å². The molecule has 4 N–H and O–H groups in total. The van der Waals surface area contributed by atoms with Crippen LogP contribution in [-0.4, -0.2) is 12.3 Å². The van der Waals surface area contributed by atoms with Gasteiger partial charge in [-0.25, -0.2) is 0 Å². The Morgan fingerprint density at radius 1 is 1.24 bits per heavy atom. The SMILES string of the molecule is C=C(C)/C(N)=C\C=C/C.CC(=O)CN.CCCCc1ccccc1C. The van der Waals surface area contributed by atoms with E-state index in [0.29, 0.717) is 0 Å². The molecule has 0 fully saturated rings. The molecule has 140 valence electrons. The second-order valence-electron chi connectivity index (χ2n) is 5.86. The van der Waals surface area contributed by atoms with Crippen molar-refractivity contribution < 1.29 is 4.79 Å². The summed E-state index contributed by atoms with van der Waals surface area (Å²) in [5, 5.41) is 0. The first-order chi connectivity index (χ1) is 11.8. The maximum Gasteiger partial charge on any atom is 0.143 e. The molecule has 0 heterocycles. The second kappa shape index (κ2) is 16.7. The van der Waals surface area contributed by atoms with Gasteiger partial charge in [0.2, 0.25) is 0 Å². The van der Waals surface area contributed by atoms with Crippen molar-refractivity contribution in [3.8, 4) is 0 Å². The molecule has 1 aromatic carbocycles. The highest BCUT2D eigenvalue weighted by Crippen LogP contribution is 2.09. The molecule has 25 heavy (non-hydrogen) atoms. The van der Waals surface area contributed by atoms with Gasteiger partial charge in [-0.15, -0.1) is 0 Å². The lowest BCUT2D eigenvalue weighted by Gasteiger charge is -2.02. The molecule has 3 nitrogen and oxygen atoms in total. The van der Waals surface area contributed by atoms with Crippen LogP contribution in [0.15, 0.2) is 60.3 Å². The van der Waals surface area contributed by atoms with Crippen molar-refractivity contribution >= 4 is 5.78 Å². The van der Waals surface area contributed by atoms with Crippen molar-refractivity contribution in [2.24, 2.45) is 11.5 Å². The van der Waals surface area contributed by atoms with Crippen LogP contribution in [0.1, 0.15) is 51.7 Å². The van der Waals surface area contributed by atoms with E-state index in [2.05, 4.69) is 44.7 Å². The molecule has 1 aromatic rings. The Morgan fingerprint density at radius 2 is 1.80 bits per heavy atom. The smallest absolute Gasteiger partial charge is 0.143 e. The third kappa shape index (κ3) is 16.5. The van der Waals surface area contributed by atoms with Gasteiger partial charge in [0, 0.05) is 5.70 Å². The second-order valence-corrected chi connectivity index (χ2v) is 5.86. The molecule has 3 heteroatoms. The Kier molecular flexibility index (Phi) is 16.8. The van der Waals surface area contributed by atoms with Crippen molar-refractivity contribution in [2.45, 2.75) is 53.9 Å². The average Bonchev–Trinajstić information content (AvgIpc) is 2.59. The van der Waals surface area contributed by atoms with E-state index in [9.17, 15) is 4.79 Å². The summed E-state index contributed by atoms with van der Waals surface area (Å²) in [7, 11) is 0. The summed E-state index contributed by atoms with van der Waals surface area (Å²) in [6, 6.07) is 8.64. The first kappa shape index (κ1) is 25.1. The number of Topliss-reactive ketones (excluding diaryl/α,β-unsaturated/α-hetero) is 1. The van der Waals surface area contributed by atoms with Gasteiger partial charge in [-0.1, -0.05) is 56.3 Å². The summed E-state index contributed by atoms with van der Waals surface area (Å²) >= 11 is 0. The van der Waals surface area contributed by atoms with E-state index in [1.54, 1.807) is 0 Å². The van der Waals surface area contributed by atoms with Gasteiger partial charge in [0.05, 0.1) is 6.54 Å². The highest BCUT2D eigenvalue weighted by molar-refractivity contribution is 5.77. The molecule has 0 bridgehead atoms. The number of aryl methyl sites for hydroxylation is 2. The molecular weight excluding hydrogens is 308 g/mol. The van der Waals surface area contributed by atoms with Crippen LogP contribution < -0.4 is 11.5 Å². The fourth-order valence-electron chi connectivity index (χ4n) is 1.60. The van der Waals surface area contributed by atoms with Crippen LogP contribution in [0.5, 0.6) is 0 Å². The Labute approximate surface area is 154 Å². The van der Waals surface area contributed by atoms with Crippen molar-refractivity contribution in [1.82, 2.24) is 0 Å². The van der Waals surface area contributed by atoms with E-state index >= 15 is 0 Å². The predicted octanol–water partition coefficient (Wildman–Crippen LogP) is 4.85. The Bertz CT molecular complexity index is 557. The zero-order valence-corrected chi connectivity index (χ0v) is 16.6. The van der Waals surface area contributed by atoms with Crippen molar-refractivity contribution in [2.75, 3.05) is 6.54 Å². The van der Waals surface area contributed by atoms with Crippen LogP contribution in [0.4, 0.5) is 0 Å². The third-order valence-electron chi connectivity index (χ3n) is 3.31. The summed E-state index contributed by atoms with van der Waals surface area (Å²) < 4.78 is 0. The van der Waals surface area contributed by atoms with E-state index in [0.717, 1.165) is 11.3 Å². The lowest BCUT2D eigenvalue weighted by molar-refractivity contribution is -0.115. The third-order valence-corrected chi connectivity index (χ3v) is 3.31. The number of allylic oxidation sites excluding steroid dienone is 4. The van der Waals surface area contributed by atoms with Crippen LogP contribution in [0.2, 0.25) is 0 Å². The topological polar surface area (TPSA) is 69.1 Å². The normalized spacial score (nSPS) is 10.4. The van der Waals surface area contributed by atoms with Crippen molar-refractivity contribution in [3.05, 3.63) is 71.5 Å². The minimum Gasteiger partial charge on any atom is -0.399 e.